The number of ketones is 1. The predicted molar refractivity (Wildman–Crippen MR) is 58.1 cm³/mol. The number of anilines is 1. The minimum Gasteiger partial charge on any atom is -0.381 e. The van der Waals surface area contributed by atoms with Gasteiger partial charge >= 0.3 is 6.18 Å². The van der Waals surface area contributed by atoms with Gasteiger partial charge in [-0.1, -0.05) is 6.92 Å². The second kappa shape index (κ2) is 4.05. The molecule has 0 saturated heterocycles. The van der Waals surface area contributed by atoms with Crippen LogP contribution in [0.2, 0.25) is 0 Å². The topological polar surface area (TPSA) is 29.1 Å². The molecule has 0 saturated carbocycles. The van der Waals surface area contributed by atoms with E-state index in [9.17, 15) is 18.0 Å². The maximum absolute atomic E-state index is 12.5. The zero-order chi connectivity index (χ0) is 12.6. The molecule has 1 aliphatic rings. The summed E-state index contributed by atoms with van der Waals surface area (Å²) in [6, 6.07) is 3.28. The van der Waals surface area contributed by atoms with Crippen LogP contribution in [0.25, 0.3) is 0 Å². The molecule has 0 fully saturated rings. The van der Waals surface area contributed by atoms with Crippen molar-refractivity contribution in [3.05, 3.63) is 29.3 Å². The molecule has 0 spiro atoms. The summed E-state index contributed by atoms with van der Waals surface area (Å²) in [6.45, 7) is 1.93. The standard InChI is InChI=1S/C12H12F3NO/c1-2-8-6-11(17)9-5-7(12(13,14)15)3-4-10(9)16-8/h3-5,8,16H,2,6H2,1H3. The Morgan fingerprint density at radius 2 is 2.12 bits per heavy atom. The molecule has 1 atom stereocenters. The summed E-state index contributed by atoms with van der Waals surface area (Å²) in [5, 5.41) is 3.07. The molecule has 0 aromatic heterocycles. The summed E-state index contributed by atoms with van der Waals surface area (Å²) in [6.07, 6.45) is -3.38. The van der Waals surface area contributed by atoms with Crippen molar-refractivity contribution in [1.82, 2.24) is 0 Å². The summed E-state index contributed by atoms with van der Waals surface area (Å²) in [7, 11) is 0. The van der Waals surface area contributed by atoms with E-state index in [-0.39, 0.29) is 23.8 Å². The summed E-state index contributed by atoms with van der Waals surface area (Å²) >= 11 is 0. The lowest BCUT2D eigenvalue weighted by Crippen LogP contribution is -2.29. The maximum Gasteiger partial charge on any atom is 0.416 e. The fourth-order valence-corrected chi connectivity index (χ4v) is 1.93. The van der Waals surface area contributed by atoms with E-state index in [4.69, 9.17) is 0 Å². The van der Waals surface area contributed by atoms with E-state index < -0.39 is 11.7 Å². The molecule has 0 amide bonds. The number of halogens is 3. The number of rotatable bonds is 1. The van der Waals surface area contributed by atoms with Gasteiger partial charge in [-0.05, 0) is 24.6 Å². The zero-order valence-corrected chi connectivity index (χ0v) is 9.27. The molecule has 1 aromatic rings. The molecule has 2 nitrogen and oxygen atoms in total. The van der Waals surface area contributed by atoms with Gasteiger partial charge in [-0.15, -0.1) is 0 Å². The van der Waals surface area contributed by atoms with Crippen LogP contribution in [0.1, 0.15) is 35.7 Å². The highest BCUT2D eigenvalue weighted by atomic mass is 19.4. The van der Waals surface area contributed by atoms with Crippen LogP contribution in [-0.4, -0.2) is 11.8 Å². The maximum atomic E-state index is 12.5. The zero-order valence-electron chi connectivity index (χ0n) is 9.27. The van der Waals surface area contributed by atoms with Gasteiger partial charge in [0.25, 0.3) is 0 Å². The van der Waals surface area contributed by atoms with Gasteiger partial charge in [-0.25, -0.2) is 0 Å². The SMILES string of the molecule is CCC1CC(=O)c2cc(C(F)(F)F)ccc2N1. The highest BCUT2D eigenvalue weighted by Crippen LogP contribution is 2.34. The quantitative estimate of drug-likeness (QED) is 0.818. The lowest BCUT2D eigenvalue weighted by Gasteiger charge is -2.25. The van der Waals surface area contributed by atoms with Gasteiger partial charge < -0.3 is 5.32 Å². The molecule has 17 heavy (non-hydrogen) atoms. The van der Waals surface area contributed by atoms with Gasteiger partial charge in [-0.2, -0.15) is 13.2 Å². The monoisotopic (exact) mass is 243 g/mol. The van der Waals surface area contributed by atoms with Crippen LogP contribution in [0, 0.1) is 0 Å². The molecule has 1 unspecified atom stereocenters. The van der Waals surface area contributed by atoms with E-state index in [0.717, 1.165) is 18.6 Å². The Hall–Kier alpha value is -1.52. The van der Waals surface area contributed by atoms with Crippen molar-refractivity contribution in [1.29, 1.82) is 0 Å². The van der Waals surface area contributed by atoms with Crippen LogP contribution in [0.4, 0.5) is 18.9 Å². The first-order valence-electron chi connectivity index (χ1n) is 5.42. The number of hydrogen-bond donors (Lipinski definition) is 1. The molecule has 1 aliphatic heterocycles. The van der Waals surface area contributed by atoms with Gasteiger partial charge in [0.15, 0.2) is 5.78 Å². The summed E-state index contributed by atoms with van der Waals surface area (Å²) < 4.78 is 37.5. The molecule has 1 heterocycles. The number of fused-ring (bicyclic) bond motifs is 1. The Morgan fingerprint density at radius 1 is 1.41 bits per heavy atom. The number of hydrogen-bond acceptors (Lipinski definition) is 2. The van der Waals surface area contributed by atoms with Crippen molar-refractivity contribution in [2.45, 2.75) is 32.0 Å². The highest BCUT2D eigenvalue weighted by Gasteiger charge is 2.33. The second-order valence-corrected chi connectivity index (χ2v) is 4.13. The molecular weight excluding hydrogens is 231 g/mol. The fraction of sp³-hybridized carbons (Fsp3) is 0.417. The number of nitrogens with one attached hydrogen (secondary N) is 1. The van der Waals surface area contributed by atoms with Crippen LogP contribution in [-0.2, 0) is 6.18 Å². The lowest BCUT2D eigenvalue weighted by molar-refractivity contribution is -0.137. The minimum atomic E-state index is -4.41. The van der Waals surface area contributed by atoms with Gasteiger partial charge in [0, 0.05) is 23.7 Å². The smallest absolute Gasteiger partial charge is 0.381 e. The summed E-state index contributed by atoms with van der Waals surface area (Å²) in [4.78, 5) is 11.7. The first-order chi connectivity index (χ1) is 7.91. The van der Waals surface area contributed by atoms with Crippen molar-refractivity contribution >= 4 is 11.5 Å². The Morgan fingerprint density at radius 3 is 2.71 bits per heavy atom. The first kappa shape index (κ1) is 12.0. The molecule has 0 aliphatic carbocycles. The van der Waals surface area contributed by atoms with Gasteiger partial charge in [0.2, 0.25) is 0 Å². The highest BCUT2D eigenvalue weighted by molar-refractivity contribution is 6.03. The normalized spacial score (nSPS) is 19.8. The van der Waals surface area contributed by atoms with E-state index in [0.29, 0.717) is 5.69 Å². The van der Waals surface area contributed by atoms with Crippen molar-refractivity contribution in [2.24, 2.45) is 0 Å². The van der Waals surface area contributed by atoms with Crippen LogP contribution in [0.3, 0.4) is 0 Å². The van der Waals surface area contributed by atoms with Crippen LogP contribution in [0.15, 0.2) is 18.2 Å². The molecule has 5 heteroatoms. The van der Waals surface area contributed by atoms with E-state index >= 15 is 0 Å². The van der Waals surface area contributed by atoms with Gasteiger partial charge in [0.1, 0.15) is 0 Å². The number of benzene rings is 1. The van der Waals surface area contributed by atoms with Crippen LogP contribution >= 0.6 is 0 Å². The largest absolute Gasteiger partial charge is 0.416 e. The Bertz CT molecular complexity index is 454. The third-order valence-electron chi connectivity index (χ3n) is 2.93. The lowest BCUT2D eigenvalue weighted by atomic mass is 9.94. The third kappa shape index (κ3) is 2.28. The Labute approximate surface area is 96.8 Å². The first-order valence-corrected chi connectivity index (χ1v) is 5.42. The second-order valence-electron chi connectivity index (χ2n) is 4.13. The predicted octanol–water partition coefficient (Wildman–Crippen LogP) is 3.48. The van der Waals surface area contributed by atoms with Gasteiger partial charge in [0.05, 0.1) is 5.56 Å². The molecule has 1 N–H and O–H groups in total. The Balaban J connectivity index is 2.41. The molecule has 0 bridgehead atoms. The molecule has 0 radical (unpaired) electrons. The van der Waals surface area contributed by atoms with Crippen molar-refractivity contribution in [2.75, 3.05) is 5.32 Å². The molecular formula is C12H12F3NO. The van der Waals surface area contributed by atoms with Crippen LogP contribution in [0.5, 0.6) is 0 Å². The minimum absolute atomic E-state index is 0.0201. The number of Topliss-reactive ketones (excluding diaryl/α,β-unsaturated/α-hetero) is 1. The molecule has 92 valence electrons. The average molecular weight is 243 g/mol. The van der Waals surface area contributed by atoms with Crippen molar-refractivity contribution < 1.29 is 18.0 Å². The van der Waals surface area contributed by atoms with E-state index in [2.05, 4.69) is 5.32 Å². The van der Waals surface area contributed by atoms with Gasteiger partial charge in [-0.3, -0.25) is 4.79 Å². The number of carbonyl (C=O) groups excluding carboxylic acids is 1. The number of carbonyl (C=O) groups is 1. The summed E-state index contributed by atoms with van der Waals surface area (Å²) in [5.41, 5.74) is -0.132. The van der Waals surface area contributed by atoms with Crippen molar-refractivity contribution in [3.8, 4) is 0 Å². The van der Waals surface area contributed by atoms with E-state index in [1.54, 1.807) is 0 Å². The average Bonchev–Trinajstić information content (AvgIpc) is 2.27. The fourth-order valence-electron chi connectivity index (χ4n) is 1.93. The number of alkyl halides is 3. The van der Waals surface area contributed by atoms with E-state index in [1.165, 1.54) is 6.07 Å². The van der Waals surface area contributed by atoms with Crippen molar-refractivity contribution in [3.63, 3.8) is 0 Å². The summed E-state index contributed by atoms with van der Waals surface area (Å²) in [5.74, 6) is -0.225. The molecule has 1 aromatic carbocycles. The van der Waals surface area contributed by atoms with Crippen LogP contribution < -0.4 is 5.32 Å². The van der Waals surface area contributed by atoms with E-state index in [1.807, 2.05) is 6.92 Å². The Kier molecular flexibility index (Phi) is 2.85. The third-order valence-corrected chi connectivity index (χ3v) is 2.93. The molecule has 2 rings (SSSR count).